The minimum absolute atomic E-state index is 0.00476. The maximum absolute atomic E-state index is 12.5. The second-order valence-electron chi connectivity index (χ2n) is 7.17. The van der Waals surface area contributed by atoms with Gasteiger partial charge in [0.15, 0.2) is 5.78 Å². The summed E-state index contributed by atoms with van der Waals surface area (Å²) in [5.74, 6) is -0.0614. The number of para-hydroxylation sites is 1. The first-order valence-corrected chi connectivity index (χ1v) is 9.44. The molecule has 0 aliphatic rings. The van der Waals surface area contributed by atoms with Gasteiger partial charge in [0.1, 0.15) is 6.54 Å². The van der Waals surface area contributed by atoms with E-state index in [4.69, 9.17) is 0 Å². The van der Waals surface area contributed by atoms with Crippen molar-refractivity contribution in [3.05, 3.63) is 72.1 Å². The lowest BCUT2D eigenvalue weighted by atomic mass is 10.1. The smallest absolute Gasteiger partial charge is 0.240 e. The van der Waals surface area contributed by atoms with Gasteiger partial charge in [-0.05, 0) is 43.0 Å². The van der Waals surface area contributed by atoms with Crippen LogP contribution in [0.25, 0.3) is 21.8 Å². The Bertz CT molecular complexity index is 1180. The number of carbonyl (C=O) groups excluding carboxylic acids is 2. The highest BCUT2D eigenvalue weighted by molar-refractivity contribution is 6.07. The van der Waals surface area contributed by atoms with Gasteiger partial charge < -0.3 is 14.5 Å². The Morgan fingerprint density at radius 2 is 1.82 bits per heavy atom. The molecule has 1 N–H and O–H groups in total. The lowest BCUT2D eigenvalue weighted by molar-refractivity contribution is -0.121. The molecule has 0 fully saturated rings. The maximum atomic E-state index is 12.5. The third kappa shape index (κ3) is 3.43. The van der Waals surface area contributed by atoms with Crippen molar-refractivity contribution in [1.29, 1.82) is 0 Å². The molecule has 0 saturated heterocycles. The molecule has 4 aromatic rings. The molecule has 4 rings (SSSR count). The van der Waals surface area contributed by atoms with Gasteiger partial charge in [0.25, 0.3) is 0 Å². The molecule has 5 nitrogen and oxygen atoms in total. The van der Waals surface area contributed by atoms with E-state index in [1.54, 1.807) is 13.1 Å². The summed E-state index contributed by atoms with van der Waals surface area (Å²) in [4.78, 5) is 24.3. The molecule has 0 aliphatic heterocycles. The predicted octanol–water partition coefficient (Wildman–Crippen LogP) is 3.92. The first kappa shape index (κ1) is 18.0. The van der Waals surface area contributed by atoms with Crippen molar-refractivity contribution in [3.63, 3.8) is 0 Å². The second kappa shape index (κ2) is 7.35. The summed E-state index contributed by atoms with van der Waals surface area (Å²) in [5, 5.41) is 5.07. The average Bonchev–Trinajstić information content (AvgIpc) is 3.24. The number of aryl methyl sites for hydroxylation is 1. The number of carbonyl (C=O) groups is 2. The van der Waals surface area contributed by atoms with E-state index in [1.807, 2.05) is 28.8 Å². The van der Waals surface area contributed by atoms with Gasteiger partial charge in [0.2, 0.25) is 5.91 Å². The van der Waals surface area contributed by atoms with Crippen molar-refractivity contribution in [2.45, 2.75) is 26.9 Å². The number of nitrogens with one attached hydrogen (secondary N) is 1. The van der Waals surface area contributed by atoms with Gasteiger partial charge in [-0.25, -0.2) is 0 Å². The molecule has 0 aliphatic carbocycles. The minimum atomic E-state index is -0.0662. The summed E-state index contributed by atoms with van der Waals surface area (Å²) in [6, 6.07) is 16.1. The summed E-state index contributed by atoms with van der Waals surface area (Å²) in [5.41, 5.74) is 3.95. The standard InChI is InChI=1S/C23H23N3O2/c1-16-7-8-18-9-11-25(22(18)13-16)12-10-24-23(28)15-26-14-20(17(2)27)19-5-3-4-6-21(19)26/h3-9,11,13-14H,10,12,15H2,1-2H3,(H,24,28). The van der Waals surface area contributed by atoms with E-state index in [1.165, 1.54) is 16.5 Å². The molecule has 28 heavy (non-hydrogen) atoms. The first-order valence-electron chi connectivity index (χ1n) is 9.44. The highest BCUT2D eigenvalue weighted by atomic mass is 16.2. The van der Waals surface area contributed by atoms with Gasteiger partial charge in [-0.15, -0.1) is 0 Å². The molecular weight excluding hydrogens is 350 g/mol. The number of hydrogen-bond acceptors (Lipinski definition) is 2. The summed E-state index contributed by atoms with van der Waals surface area (Å²) >= 11 is 0. The molecule has 0 unspecified atom stereocenters. The number of nitrogens with zero attached hydrogens (tertiary/aromatic N) is 2. The molecule has 0 spiro atoms. The molecular formula is C23H23N3O2. The Hall–Kier alpha value is -3.34. The van der Waals surface area contributed by atoms with Crippen molar-refractivity contribution >= 4 is 33.5 Å². The van der Waals surface area contributed by atoms with Crippen LogP contribution in [-0.4, -0.2) is 27.4 Å². The van der Waals surface area contributed by atoms with Crippen molar-refractivity contribution < 1.29 is 9.59 Å². The van der Waals surface area contributed by atoms with Crippen molar-refractivity contribution in [2.75, 3.05) is 6.54 Å². The van der Waals surface area contributed by atoms with Crippen LogP contribution in [0.15, 0.2) is 60.9 Å². The Morgan fingerprint density at radius 3 is 2.64 bits per heavy atom. The largest absolute Gasteiger partial charge is 0.353 e. The Morgan fingerprint density at radius 1 is 1.00 bits per heavy atom. The average molecular weight is 373 g/mol. The van der Waals surface area contributed by atoms with Crippen LogP contribution in [0.1, 0.15) is 22.8 Å². The number of Topliss-reactive ketones (excluding diaryl/α,β-unsaturated/α-hetero) is 1. The molecule has 2 aromatic heterocycles. The lowest BCUT2D eigenvalue weighted by Crippen LogP contribution is -2.30. The fourth-order valence-electron chi connectivity index (χ4n) is 3.67. The highest BCUT2D eigenvalue weighted by Gasteiger charge is 2.13. The summed E-state index contributed by atoms with van der Waals surface area (Å²) in [6.07, 6.45) is 3.82. The molecule has 0 saturated carbocycles. The third-order valence-electron chi connectivity index (χ3n) is 5.09. The van der Waals surface area contributed by atoms with Crippen molar-refractivity contribution in [1.82, 2.24) is 14.5 Å². The van der Waals surface area contributed by atoms with Gasteiger partial charge in [-0.1, -0.05) is 30.3 Å². The third-order valence-corrected chi connectivity index (χ3v) is 5.09. The van der Waals surface area contributed by atoms with E-state index in [9.17, 15) is 9.59 Å². The van der Waals surface area contributed by atoms with Gasteiger partial charge in [0, 0.05) is 47.5 Å². The summed E-state index contributed by atoms with van der Waals surface area (Å²) < 4.78 is 4.00. The fraction of sp³-hybridized carbons (Fsp3) is 0.217. The van der Waals surface area contributed by atoms with Crippen LogP contribution in [0.3, 0.4) is 0 Å². The first-order chi connectivity index (χ1) is 13.5. The number of amides is 1. The quantitative estimate of drug-likeness (QED) is 0.521. The molecule has 0 atom stereocenters. The number of ketones is 1. The van der Waals surface area contributed by atoms with Gasteiger partial charge in [-0.3, -0.25) is 9.59 Å². The van der Waals surface area contributed by atoms with Crippen LogP contribution in [-0.2, 0) is 17.9 Å². The zero-order valence-corrected chi connectivity index (χ0v) is 16.1. The van der Waals surface area contributed by atoms with Crippen LogP contribution < -0.4 is 5.32 Å². The van der Waals surface area contributed by atoms with E-state index in [0.717, 1.165) is 10.9 Å². The van der Waals surface area contributed by atoms with Gasteiger partial charge in [0.05, 0.1) is 0 Å². The molecule has 1 amide bonds. The van der Waals surface area contributed by atoms with E-state index in [-0.39, 0.29) is 18.2 Å². The zero-order chi connectivity index (χ0) is 19.7. The van der Waals surface area contributed by atoms with E-state index in [2.05, 4.69) is 47.3 Å². The molecule has 2 aromatic carbocycles. The van der Waals surface area contributed by atoms with Crippen LogP contribution in [0, 0.1) is 6.92 Å². The normalized spacial score (nSPS) is 11.2. The van der Waals surface area contributed by atoms with Crippen molar-refractivity contribution in [2.24, 2.45) is 0 Å². The Labute approximate surface area is 163 Å². The topological polar surface area (TPSA) is 56.0 Å². The predicted molar refractivity (Wildman–Crippen MR) is 112 cm³/mol. The lowest BCUT2D eigenvalue weighted by Gasteiger charge is -2.09. The van der Waals surface area contributed by atoms with Crippen LogP contribution in [0.4, 0.5) is 0 Å². The summed E-state index contributed by atoms with van der Waals surface area (Å²) in [6.45, 7) is 5.09. The number of aromatic nitrogens is 2. The summed E-state index contributed by atoms with van der Waals surface area (Å²) in [7, 11) is 0. The number of fused-ring (bicyclic) bond motifs is 2. The second-order valence-corrected chi connectivity index (χ2v) is 7.17. The van der Waals surface area contributed by atoms with Crippen LogP contribution >= 0.6 is 0 Å². The SMILES string of the molecule is CC(=O)c1cn(CC(=O)NCCn2ccc3ccc(C)cc32)c2ccccc12. The maximum Gasteiger partial charge on any atom is 0.240 e. The zero-order valence-electron chi connectivity index (χ0n) is 16.1. The monoisotopic (exact) mass is 373 g/mol. The molecule has 2 heterocycles. The number of rotatable bonds is 6. The van der Waals surface area contributed by atoms with Crippen molar-refractivity contribution in [3.8, 4) is 0 Å². The van der Waals surface area contributed by atoms with Gasteiger partial charge in [-0.2, -0.15) is 0 Å². The molecule has 142 valence electrons. The molecule has 0 radical (unpaired) electrons. The number of hydrogen-bond donors (Lipinski definition) is 1. The highest BCUT2D eigenvalue weighted by Crippen LogP contribution is 2.21. The Balaban J connectivity index is 1.43. The molecule has 5 heteroatoms. The van der Waals surface area contributed by atoms with E-state index < -0.39 is 0 Å². The van der Waals surface area contributed by atoms with Crippen LogP contribution in [0.5, 0.6) is 0 Å². The van der Waals surface area contributed by atoms with E-state index >= 15 is 0 Å². The number of benzene rings is 2. The Kier molecular flexibility index (Phi) is 4.74. The molecule has 0 bridgehead atoms. The van der Waals surface area contributed by atoms with E-state index in [0.29, 0.717) is 18.7 Å². The van der Waals surface area contributed by atoms with Gasteiger partial charge >= 0.3 is 0 Å². The van der Waals surface area contributed by atoms with Crippen LogP contribution in [0.2, 0.25) is 0 Å². The minimum Gasteiger partial charge on any atom is -0.353 e. The fourth-order valence-corrected chi connectivity index (χ4v) is 3.67.